The third-order valence-corrected chi connectivity index (χ3v) is 8.02. The van der Waals surface area contributed by atoms with Crippen molar-refractivity contribution in [3.8, 4) is 0 Å². The average molecular weight is 472 g/mol. The summed E-state index contributed by atoms with van der Waals surface area (Å²) in [4.78, 5) is 27.8. The van der Waals surface area contributed by atoms with Crippen molar-refractivity contribution in [1.29, 1.82) is 0 Å². The van der Waals surface area contributed by atoms with Crippen molar-refractivity contribution in [2.45, 2.75) is 50.1 Å². The number of sulfonamides is 1. The number of rotatable bonds is 6. The summed E-state index contributed by atoms with van der Waals surface area (Å²) in [6.07, 6.45) is 3.38. The third kappa shape index (κ3) is 4.84. The maximum atomic E-state index is 13.4. The summed E-state index contributed by atoms with van der Waals surface area (Å²) in [5.74, 6) is -0.896. The number of hydrogen-bond donors (Lipinski definition) is 2. The fourth-order valence-corrected chi connectivity index (χ4v) is 6.09. The van der Waals surface area contributed by atoms with E-state index in [1.807, 2.05) is 6.92 Å². The van der Waals surface area contributed by atoms with Gasteiger partial charge in [0.2, 0.25) is 15.6 Å². The number of nitrogens with one attached hydrogen (secondary N) is 2. The molecule has 1 aliphatic heterocycles. The van der Waals surface area contributed by atoms with Crippen molar-refractivity contribution in [1.82, 2.24) is 14.6 Å². The van der Waals surface area contributed by atoms with Crippen molar-refractivity contribution in [2.75, 3.05) is 6.54 Å². The lowest BCUT2D eigenvalue weighted by atomic mass is 10.0. The predicted octanol–water partition coefficient (Wildman–Crippen LogP) is 3.55. The molecule has 2 N–H and O–H groups in total. The van der Waals surface area contributed by atoms with Crippen LogP contribution in [0.2, 0.25) is 0 Å². The molecular weight excluding hydrogens is 445 g/mol. The summed E-state index contributed by atoms with van der Waals surface area (Å²) in [6, 6.07) is 11.3. The molecule has 0 unspecified atom stereocenters. The van der Waals surface area contributed by atoms with E-state index in [0.717, 1.165) is 31.7 Å². The molecule has 1 saturated heterocycles. The largest absolute Gasteiger partial charge is 0.348 e. The Kier molecular flexibility index (Phi) is 6.62. The van der Waals surface area contributed by atoms with Gasteiger partial charge in [0.1, 0.15) is 5.82 Å². The van der Waals surface area contributed by atoms with Gasteiger partial charge in [0, 0.05) is 36.1 Å². The van der Waals surface area contributed by atoms with Crippen molar-refractivity contribution >= 4 is 26.8 Å². The zero-order chi connectivity index (χ0) is 23.6. The third-order valence-electron chi connectivity index (χ3n) is 6.08. The Morgan fingerprint density at radius 2 is 1.91 bits per heavy atom. The van der Waals surface area contributed by atoms with Crippen LogP contribution in [-0.2, 0) is 16.6 Å². The number of pyridine rings is 1. The molecule has 1 aliphatic rings. The van der Waals surface area contributed by atoms with E-state index in [-0.39, 0.29) is 28.9 Å². The highest BCUT2D eigenvalue weighted by Gasteiger charge is 2.32. The normalized spacial score (nSPS) is 17.2. The number of aromatic amines is 1. The number of aromatic nitrogens is 1. The minimum absolute atomic E-state index is 0.0477. The summed E-state index contributed by atoms with van der Waals surface area (Å²) in [5, 5.41) is 3.06. The first-order valence-corrected chi connectivity index (χ1v) is 12.4. The smallest absolute Gasteiger partial charge is 0.252 e. The van der Waals surface area contributed by atoms with Crippen LogP contribution in [0.25, 0.3) is 10.9 Å². The van der Waals surface area contributed by atoms with Crippen LogP contribution in [0, 0.1) is 5.82 Å². The zero-order valence-electron chi connectivity index (χ0n) is 18.3. The average Bonchev–Trinajstić information content (AvgIpc) is 2.82. The van der Waals surface area contributed by atoms with E-state index in [0.29, 0.717) is 23.0 Å². The Morgan fingerprint density at radius 3 is 2.64 bits per heavy atom. The summed E-state index contributed by atoms with van der Waals surface area (Å²) < 4.78 is 41.5. The van der Waals surface area contributed by atoms with Gasteiger partial charge in [-0.25, -0.2) is 12.8 Å². The van der Waals surface area contributed by atoms with Crippen LogP contribution in [0.1, 0.15) is 48.5 Å². The van der Waals surface area contributed by atoms with Crippen LogP contribution in [0.3, 0.4) is 0 Å². The number of hydrogen-bond acceptors (Lipinski definition) is 4. The molecule has 174 valence electrons. The van der Waals surface area contributed by atoms with Gasteiger partial charge in [0.25, 0.3) is 5.91 Å². The number of nitrogens with zero attached hydrogens (tertiary/aromatic N) is 1. The summed E-state index contributed by atoms with van der Waals surface area (Å²) >= 11 is 0. The second-order valence-electron chi connectivity index (χ2n) is 8.24. The molecule has 0 radical (unpaired) electrons. The minimum Gasteiger partial charge on any atom is -0.348 e. The van der Waals surface area contributed by atoms with Crippen molar-refractivity contribution < 1.29 is 17.6 Å². The first kappa shape index (κ1) is 23.1. The molecule has 9 heteroatoms. The summed E-state index contributed by atoms with van der Waals surface area (Å²) in [7, 11) is -3.75. The monoisotopic (exact) mass is 471 g/mol. The minimum atomic E-state index is -3.75. The fraction of sp³-hybridized carbons (Fsp3) is 0.333. The summed E-state index contributed by atoms with van der Waals surface area (Å²) in [6.45, 7) is 2.58. The highest BCUT2D eigenvalue weighted by atomic mass is 32.2. The lowest BCUT2D eigenvalue weighted by Crippen LogP contribution is -2.43. The molecule has 0 saturated carbocycles. The molecule has 33 heavy (non-hydrogen) atoms. The molecule has 0 aliphatic carbocycles. The maximum absolute atomic E-state index is 13.4. The zero-order valence-corrected chi connectivity index (χ0v) is 19.1. The van der Waals surface area contributed by atoms with Gasteiger partial charge in [-0.15, -0.1) is 0 Å². The van der Waals surface area contributed by atoms with Crippen LogP contribution in [0.4, 0.5) is 4.39 Å². The van der Waals surface area contributed by atoms with Gasteiger partial charge in [-0.1, -0.05) is 25.5 Å². The molecule has 1 amide bonds. The Hall–Kier alpha value is -3.04. The van der Waals surface area contributed by atoms with E-state index >= 15 is 0 Å². The van der Waals surface area contributed by atoms with Crippen LogP contribution < -0.4 is 10.9 Å². The van der Waals surface area contributed by atoms with Crippen LogP contribution in [-0.4, -0.2) is 36.2 Å². The molecule has 2 aromatic carbocycles. The van der Waals surface area contributed by atoms with Crippen molar-refractivity contribution in [3.63, 3.8) is 0 Å². The molecule has 1 atom stereocenters. The van der Waals surface area contributed by atoms with E-state index in [1.54, 1.807) is 16.4 Å². The Bertz CT molecular complexity index is 1340. The van der Waals surface area contributed by atoms with Gasteiger partial charge < -0.3 is 10.3 Å². The van der Waals surface area contributed by atoms with Gasteiger partial charge in [-0.2, -0.15) is 4.31 Å². The number of benzene rings is 2. The number of H-pyrrole nitrogens is 1. The molecule has 1 aromatic heterocycles. The van der Waals surface area contributed by atoms with Crippen LogP contribution in [0.5, 0.6) is 0 Å². The number of piperidine rings is 1. The Labute approximate surface area is 191 Å². The second kappa shape index (κ2) is 9.44. The van der Waals surface area contributed by atoms with Gasteiger partial charge in [-0.3, -0.25) is 9.59 Å². The molecule has 3 aromatic rings. The standard InChI is InChI=1S/C24H26FN3O4S/c1-2-18-5-3-4-12-28(18)33(31,32)19-10-11-22-20(13-19)21(14-23(29)27-22)24(30)26-15-16-6-8-17(25)9-7-16/h6-11,13-14,18H,2-5,12,15H2,1H3,(H,26,30)(H,27,29)/t18-/m0/s1. The maximum Gasteiger partial charge on any atom is 0.252 e. The molecule has 2 heterocycles. The summed E-state index contributed by atoms with van der Waals surface area (Å²) in [5.41, 5.74) is 0.683. The Balaban J connectivity index is 1.69. The first-order valence-electron chi connectivity index (χ1n) is 11.0. The van der Waals surface area contributed by atoms with Crippen molar-refractivity contribution in [3.05, 3.63) is 75.8 Å². The predicted molar refractivity (Wildman–Crippen MR) is 124 cm³/mol. The molecule has 4 rings (SSSR count). The van der Waals surface area contributed by atoms with Gasteiger partial charge in [0.05, 0.1) is 10.5 Å². The molecule has 1 fully saturated rings. The molecular formula is C24H26FN3O4S. The number of halogens is 1. The second-order valence-corrected chi connectivity index (χ2v) is 10.1. The van der Waals surface area contributed by atoms with Crippen LogP contribution >= 0.6 is 0 Å². The van der Waals surface area contributed by atoms with Gasteiger partial charge in [-0.05, 0) is 55.2 Å². The lowest BCUT2D eigenvalue weighted by molar-refractivity contribution is 0.0952. The number of amides is 1. The van der Waals surface area contributed by atoms with E-state index < -0.39 is 21.5 Å². The first-order chi connectivity index (χ1) is 15.8. The quantitative estimate of drug-likeness (QED) is 0.574. The number of carbonyl (C=O) groups is 1. The lowest BCUT2D eigenvalue weighted by Gasteiger charge is -2.34. The van der Waals surface area contributed by atoms with Gasteiger partial charge >= 0.3 is 0 Å². The molecule has 7 nitrogen and oxygen atoms in total. The highest BCUT2D eigenvalue weighted by molar-refractivity contribution is 7.89. The van der Waals surface area contributed by atoms with E-state index in [9.17, 15) is 22.4 Å². The molecule has 0 bridgehead atoms. The number of fused-ring (bicyclic) bond motifs is 1. The fourth-order valence-electron chi connectivity index (χ4n) is 4.29. The van der Waals surface area contributed by atoms with E-state index in [4.69, 9.17) is 0 Å². The van der Waals surface area contributed by atoms with E-state index in [1.165, 1.54) is 30.3 Å². The number of carbonyl (C=O) groups excluding carboxylic acids is 1. The van der Waals surface area contributed by atoms with Crippen LogP contribution in [0.15, 0.2) is 58.2 Å². The topological polar surface area (TPSA) is 99.3 Å². The molecule has 0 spiro atoms. The van der Waals surface area contributed by atoms with Crippen molar-refractivity contribution in [2.24, 2.45) is 0 Å². The van der Waals surface area contributed by atoms with Gasteiger partial charge in [0.15, 0.2) is 0 Å². The SMILES string of the molecule is CC[C@H]1CCCCN1S(=O)(=O)c1ccc2[nH]c(=O)cc(C(=O)NCc3ccc(F)cc3)c2c1. The van der Waals surface area contributed by atoms with E-state index in [2.05, 4.69) is 10.3 Å². The highest BCUT2D eigenvalue weighted by Crippen LogP contribution is 2.29. The Morgan fingerprint density at radius 1 is 1.15 bits per heavy atom.